The zero-order chi connectivity index (χ0) is 13.1. The van der Waals surface area contributed by atoms with Crippen LogP contribution in [-0.2, 0) is 0 Å². The number of phenolic OH excluding ortho intramolecular Hbond substituents is 1. The van der Waals surface area contributed by atoms with Gasteiger partial charge < -0.3 is 10.0 Å². The van der Waals surface area contributed by atoms with Gasteiger partial charge in [0.05, 0.1) is 3.57 Å². The summed E-state index contributed by atoms with van der Waals surface area (Å²) in [4.78, 5) is 14.2. The largest absolute Gasteiger partial charge is 0.507 e. The van der Waals surface area contributed by atoms with Gasteiger partial charge >= 0.3 is 0 Å². The van der Waals surface area contributed by atoms with Crippen molar-refractivity contribution in [2.45, 2.75) is 0 Å². The molecule has 1 amide bonds. The summed E-state index contributed by atoms with van der Waals surface area (Å²) in [6.07, 6.45) is 0. The van der Waals surface area contributed by atoms with Gasteiger partial charge in [-0.3, -0.25) is 10.2 Å². The summed E-state index contributed by atoms with van der Waals surface area (Å²) >= 11 is 2.02. The number of rotatable bonds is 2. The summed E-state index contributed by atoms with van der Waals surface area (Å²) in [6, 6.07) is 4.94. The molecular weight excluding hydrogens is 345 g/mol. The summed E-state index contributed by atoms with van der Waals surface area (Å²) in [5.74, 6) is -0.0344. The number of aromatic hydroxyl groups is 1. The second-order valence-corrected chi connectivity index (χ2v) is 5.56. The lowest BCUT2D eigenvalue weighted by molar-refractivity contribution is 0.0662. The van der Waals surface area contributed by atoms with E-state index in [-0.39, 0.29) is 11.7 Å². The molecule has 1 heterocycles. The van der Waals surface area contributed by atoms with E-state index in [2.05, 4.69) is 17.4 Å². The standard InChI is InChI=1S/C12H16IN3O2/c1-15-4-6-16(7-5-15)14-12(18)9-2-3-10(13)11(17)8-9/h2-3,8,17H,4-7H2,1H3,(H,14,18). The van der Waals surface area contributed by atoms with Crippen molar-refractivity contribution in [1.29, 1.82) is 0 Å². The van der Waals surface area contributed by atoms with Crippen LogP contribution >= 0.6 is 22.6 Å². The molecule has 18 heavy (non-hydrogen) atoms. The fourth-order valence-electron chi connectivity index (χ4n) is 1.78. The van der Waals surface area contributed by atoms with E-state index >= 15 is 0 Å². The van der Waals surface area contributed by atoms with E-state index < -0.39 is 0 Å². The number of piperazine rings is 1. The third-order valence-electron chi connectivity index (χ3n) is 2.97. The van der Waals surface area contributed by atoms with Crippen LogP contribution in [-0.4, -0.2) is 54.1 Å². The molecule has 0 aliphatic carbocycles. The van der Waals surface area contributed by atoms with Gasteiger partial charge in [0.1, 0.15) is 5.75 Å². The Morgan fingerprint density at radius 3 is 2.61 bits per heavy atom. The number of phenols is 1. The van der Waals surface area contributed by atoms with Crippen LogP contribution in [0.2, 0.25) is 0 Å². The Balaban J connectivity index is 1.97. The number of hydrogen-bond donors (Lipinski definition) is 2. The Labute approximate surface area is 120 Å². The maximum absolute atomic E-state index is 12.0. The monoisotopic (exact) mass is 361 g/mol. The predicted molar refractivity (Wildman–Crippen MR) is 77.4 cm³/mol. The summed E-state index contributed by atoms with van der Waals surface area (Å²) in [7, 11) is 2.07. The van der Waals surface area contributed by atoms with Gasteiger partial charge in [-0.15, -0.1) is 0 Å². The van der Waals surface area contributed by atoms with Gasteiger partial charge in [0.25, 0.3) is 5.91 Å². The first kappa shape index (κ1) is 13.6. The highest BCUT2D eigenvalue weighted by atomic mass is 127. The number of halogens is 1. The van der Waals surface area contributed by atoms with E-state index in [9.17, 15) is 9.90 Å². The van der Waals surface area contributed by atoms with Crippen LogP contribution in [0.1, 0.15) is 10.4 Å². The minimum absolute atomic E-state index is 0.140. The average molecular weight is 361 g/mol. The number of likely N-dealkylation sites (N-methyl/N-ethyl adjacent to an activating group) is 1. The molecule has 98 valence electrons. The van der Waals surface area contributed by atoms with E-state index in [4.69, 9.17) is 0 Å². The molecule has 0 radical (unpaired) electrons. The number of amides is 1. The predicted octanol–water partition coefficient (Wildman–Crippen LogP) is 0.889. The number of carbonyl (C=O) groups is 1. The minimum Gasteiger partial charge on any atom is -0.507 e. The van der Waals surface area contributed by atoms with Crippen molar-refractivity contribution in [3.8, 4) is 5.75 Å². The lowest BCUT2D eigenvalue weighted by atomic mass is 10.2. The first-order valence-corrected chi connectivity index (χ1v) is 6.87. The van der Waals surface area contributed by atoms with Crippen LogP contribution in [0.3, 0.4) is 0 Å². The molecule has 6 heteroatoms. The molecule has 1 fully saturated rings. The van der Waals surface area contributed by atoms with Gasteiger partial charge in [0, 0.05) is 31.7 Å². The highest BCUT2D eigenvalue weighted by Gasteiger charge is 2.16. The molecule has 0 aromatic heterocycles. The second-order valence-electron chi connectivity index (χ2n) is 4.40. The van der Waals surface area contributed by atoms with Crippen molar-refractivity contribution < 1.29 is 9.90 Å². The van der Waals surface area contributed by atoms with Crippen LogP contribution < -0.4 is 5.43 Å². The molecule has 0 atom stereocenters. The Kier molecular flexibility index (Phi) is 4.41. The molecule has 2 rings (SSSR count). The fourth-order valence-corrected chi connectivity index (χ4v) is 2.12. The molecule has 0 saturated carbocycles. The maximum Gasteiger partial charge on any atom is 0.265 e. The quantitative estimate of drug-likeness (QED) is 0.769. The van der Waals surface area contributed by atoms with Gasteiger partial charge in [0.15, 0.2) is 0 Å². The molecule has 0 unspecified atom stereocenters. The molecular formula is C12H16IN3O2. The normalized spacial score (nSPS) is 17.7. The number of carbonyl (C=O) groups excluding carboxylic acids is 1. The second kappa shape index (κ2) is 5.85. The first-order valence-electron chi connectivity index (χ1n) is 5.79. The van der Waals surface area contributed by atoms with Crippen LogP contribution in [0.25, 0.3) is 0 Å². The van der Waals surface area contributed by atoms with Crippen molar-refractivity contribution in [2.24, 2.45) is 0 Å². The van der Waals surface area contributed by atoms with Gasteiger partial charge in [-0.2, -0.15) is 0 Å². The smallest absolute Gasteiger partial charge is 0.265 e. The third kappa shape index (κ3) is 3.33. The molecule has 0 spiro atoms. The highest BCUT2D eigenvalue weighted by molar-refractivity contribution is 14.1. The average Bonchev–Trinajstić information content (AvgIpc) is 2.35. The number of nitrogens with zero attached hydrogens (tertiary/aromatic N) is 2. The number of nitrogens with one attached hydrogen (secondary N) is 1. The summed E-state index contributed by atoms with van der Waals surface area (Å²) in [5.41, 5.74) is 3.34. The Bertz CT molecular complexity index is 445. The lowest BCUT2D eigenvalue weighted by Gasteiger charge is -2.32. The zero-order valence-corrected chi connectivity index (χ0v) is 12.3. The van der Waals surface area contributed by atoms with Gasteiger partial charge in [0.2, 0.25) is 0 Å². The van der Waals surface area contributed by atoms with Crippen molar-refractivity contribution in [1.82, 2.24) is 15.3 Å². The van der Waals surface area contributed by atoms with Crippen LogP contribution in [0.15, 0.2) is 18.2 Å². The van der Waals surface area contributed by atoms with Gasteiger partial charge in [-0.05, 0) is 47.8 Å². The van der Waals surface area contributed by atoms with Crippen molar-refractivity contribution in [2.75, 3.05) is 33.2 Å². The molecule has 1 aromatic carbocycles. The summed E-state index contributed by atoms with van der Waals surface area (Å²) < 4.78 is 0.740. The number of benzene rings is 1. The Hall–Kier alpha value is -0.860. The minimum atomic E-state index is -0.175. The number of hydrogen-bond acceptors (Lipinski definition) is 4. The molecule has 1 aliphatic heterocycles. The van der Waals surface area contributed by atoms with Crippen LogP contribution in [0, 0.1) is 3.57 Å². The molecule has 5 nitrogen and oxygen atoms in total. The highest BCUT2D eigenvalue weighted by Crippen LogP contribution is 2.20. The Morgan fingerprint density at radius 2 is 2.00 bits per heavy atom. The topological polar surface area (TPSA) is 55.8 Å². The van der Waals surface area contributed by atoms with E-state index in [1.807, 2.05) is 27.6 Å². The first-order chi connectivity index (χ1) is 8.56. The van der Waals surface area contributed by atoms with Crippen LogP contribution in [0.5, 0.6) is 5.75 Å². The summed E-state index contributed by atoms with van der Waals surface area (Å²) in [6.45, 7) is 3.52. The summed E-state index contributed by atoms with van der Waals surface area (Å²) in [5, 5.41) is 11.5. The van der Waals surface area contributed by atoms with Gasteiger partial charge in [-0.25, -0.2) is 5.01 Å². The van der Waals surface area contributed by atoms with Gasteiger partial charge in [-0.1, -0.05) is 0 Å². The molecule has 1 saturated heterocycles. The maximum atomic E-state index is 12.0. The molecule has 0 bridgehead atoms. The molecule has 1 aromatic rings. The molecule has 1 aliphatic rings. The van der Waals surface area contributed by atoms with E-state index in [1.54, 1.807) is 12.1 Å². The number of hydrazine groups is 1. The van der Waals surface area contributed by atoms with E-state index in [0.717, 1.165) is 29.7 Å². The fraction of sp³-hybridized carbons (Fsp3) is 0.417. The Morgan fingerprint density at radius 1 is 1.33 bits per heavy atom. The van der Waals surface area contributed by atoms with Crippen molar-refractivity contribution >= 4 is 28.5 Å². The SMILES string of the molecule is CN1CCN(NC(=O)c2ccc(I)c(O)c2)CC1. The lowest BCUT2D eigenvalue weighted by Crippen LogP contribution is -2.52. The van der Waals surface area contributed by atoms with Crippen molar-refractivity contribution in [3.05, 3.63) is 27.3 Å². The van der Waals surface area contributed by atoms with E-state index in [0.29, 0.717) is 5.56 Å². The third-order valence-corrected chi connectivity index (χ3v) is 3.88. The zero-order valence-electron chi connectivity index (χ0n) is 10.2. The van der Waals surface area contributed by atoms with E-state index in [1.165, 1.54) is 6.07 Å². The molecule has 2 N–H and O–H groups in total. The van der Waals surface area contributed by atoms with Crippen molar-refractivity contribution in [3.63, 3.8) is 0 Å². The van der Waals surface area contributed by atoms with Crippen LogP contribution in [0.4, 0.5) is 0 Å².